The summed E-state index contributed by atoms with van der Waals surface area (Å²) in [4.78, 5) is 42.5. The fourth-order valence-electron chi connectivity index (χ4n) is 1.29. The highest BCUT2D eigenvalue weighted by atomic mass is 19.1. The van der Waals surface area contributed by atoms with Crippen LogP contribution in [-0.4, -0.2) is 40.9 Å². The molecular weight excluding hydrogens is 289 g/mol. The summed E-state index contributed by atoms with van der Waals surface area (Å²) < 4.78 is 13.5. The molecule has 0 atom stereocenters. The van der Waals surface area contributed by atoms with Crippen molar-refractivity contribution in [3.8, 4) is 0 Å². The first-order valence-electron chi connectivity index (χ1n) is 5.52. The van der Waals surface area contributed by atoms with Crippen LogP contribution in [0.2, 0.25) is 0 Å². The van der Waals surface area contributed by atoms with E-state index in [2.05, 4.69) is 5.32 Å². The van der Waals surface area contributed by atoms with E-state index in [0.717, 1.165) is 12.1 Å². The largest absolute Gasteiger partial charge is 0.480 e. The van der Waals surface area contributed by atoms with Crippen molar-refractivity contribution in [2.24, 2.45) is 0 Å². The molecule has 2 amide bonds. The van der Waals surface area contributed by atoms with Crippen LogP contribution in [0, 0.1) is 15.9 Å². The Labute approximate surface area is 116 Å². The van der Waals surface area contributed by atoms with Gasteiger partial charge in [-0.2, -0.15) is 0 Å². The summed E-state index contributed by atoms with van der Waals surface area (Å²) >= 11 is 0. The van der Waals surface area contributed by atoms with Crippen LogP contribution in [0.3, 0.4) is 0 Å². The highest BCUT2D eigenvalue weighted by molar-refractivity contribution is 5.97. The number of hydrogen-bond donors (Lipinski definition) is 3. The van der Waals surface area contributed by atoms with Gasteiger partial charge in [0.2, 0.25) is 5.91 Å². The summed E-state index contributed by atoms with van der Waals surface area (Å²) in [6.07, 6.45) is 0. The number of carboxylic acid groups (broad SMARTS) is 1. The molecule has 0 aromatic heterocycles. The van der Waals surface area contributed by atoms with Crippen molar-refractivity contribution in [3.63, 3.8) is 0 Å². The van der Waals surface area contributed by atoms with Crippen LogP contribution in [0.4, 0.5) is 10.1 Å². The Morgan fingerprint density at radius 2 is 1.90 bits per heavy atom. The van der Waals surface area contributed by atoms with Crippen LogP contribution >= 0.6 is 0 Å². The molecule has 0 saturated heterocycles. The third kappa shape index (κ3) is 4.86. The zero-order chi connectivity index (χ0) is 16.0. The van der Waals surface area contributed by atoms with E-state index in [1.165, 1.54) is 0 Å². The standard InChI is InChI=1S/C11H10FN3O6/c12-8-3-6(15(20)21)1-2-7(8)11(19)14-4-9(16)13-5-10(17)18/h1-3H,4-5H2,(H,13,16)(H,14,19)(H,17,18). The van der Waals surface area contributed by atoms with Crippen LogP contribution in [0.5, 0.6) is 0 Å². The fourth-order valence-corrected chi connectivity index (χ4v) is 1.29. The van der Waals surface area contributed by atoms with Crippen molar-refractivity contribution in [3.05, 3.63) is 39.7 Å². The topological polar surface area (TPSA) is 139 Å². The molecule has 21 heavy (non-hydrogen) atoms. The second kappa shape index (κ2) is 6.93. The van der Waals surface area contributed by atoms with Gasteiger partial charge in [0.25, 0.3) is 11.6 Å². The first kappa shape index (κ1) is 16.0. The number of non-ortho nitro benzene ring substituents is 1. The minimum Gasteiger partial charge on any atom is -0.480 e. The number of hydrogen-bond acceptors (Lipinski definition) is 5. The number of nitrogens with one attached hydrogen (secondary N) is 2. The van der Waals surface area contributed by atoms with Crippen LogP contribution in [0.1, 0.15) is 10.4 Å². The lowest BCUT2D eigenvalue weighted by molar-refractivity contribution is -0.385. The third-order valence-electron chi connectivity index (χ3n) is 2.25. The molecule has 1 rings (SSSR count). The maximum absolute atomic E-state index is 13.5. The van der Waals surface area contributed by atoms with E-state index in [0.29, 0.717) is 6.07 Å². The Balaban J connectivity index is 2.62. The van der Waals surface area contributed by atoms with E-state index in [-0.39, 0.29) is 0 Å². The molecule has 0 saturated carbocycles. The molecule has 10 heteroatoms. The molecule has 3 N–H and O–H groups in total. The number of nitro groups is 1. The Morgan fingerprint density at radius 3 is 2.43 bits per heavy atom. The number of halogens is 1. The van der Waals surface area contributed by atoms with E-state index in [1.807, 2.05) is 5.32 Å². The molecule has 0 aliphatic carbocycles. The highest BCUT2D eigenvalue weighted by Gasteiger charge is 2.16. The summed E-state index contributed by atoms with van der Waals surface area (Å²) in [6.45, 7) is -1.16. The summed E-state index contributed by atoms with van der Waals surface area (Å²) in [5.41, 5.74) is -0.977. The number of carbonyl (C=O) groups excluding carboxylic acids is 2. The number of rotatable bonds is 6. The van der Waals surface area contributed by atoms with Gasteiger partial charge in [-0.05, 0) is 6.07 Å². The van der Waals surface area contributed by atoms with Crippen molar-refractivity contribution in [1.29, 1.82) is 0 Å². The third-order valence-corrected chi connectivity index (χ3v) is 2.25. The molecular formula is C11H10FN3O6. The first-order valence-corrected chi connectivity index (χ1v) is 5.52. The minimum atomic E-state index is -1.25. The van der Waals surface area contributed by atoms with Crippen molar-refractivity contribution in [2.75, 3.05) is 13.1 Å². The molecule has 0 fully saturated rings. The molecule has 1 aromatic rings. The maximum Gasteiger partial charge on any atom is 0.322 e. The Kier molecular flexibility index (Phi) is 5.29. The number of amides is 2. The molecule has 0 heterocycles. The van der Waals surface area contributed by atoms with E-state index >= 15 is 0 Å². The first-order chi connectivity index (χ1) is 9.81. The predicted octanol–water partition coefficient (Wildman–Crippen LogP) is -0.335. The van der Waals surface area contributed by atoms with Crippen molar-refractivity contribution in [1.82, 2.24) is 10.6 Å². The second-order valence-electron chi connectivity index (χ2n) is 3.77. The zero-order valence-electron chi connectivity index (χ0n) is 10.5. The Bertz CT molecular complexity index is 604. The number of nitro benzene ring substituents is 1. The maximum atomic E-state index is 13.5. The summed E-state index contributed by atoms with van der Waals surface area (Å²) in [6, 6.07) is 2.44. The number of benzene rings is 1. The molecule has 0 aliphatic heterocycles. The van der Waals surface area contributed by atoms with Crippen molar-refractivity contribution < 1.29 is 28.8 Å². The lowest BCUT2D eigenvalue weighted by atomic mass is 10.2. The zero-order valence-corrected chi connectivity index (χ0v) is 10.5. The molecule has 9 nitrogen and oxygen atoms in total. The Morgan fingerprint density at radius 1 is 1.24 bits per heavy atom. The lowest BCUT2D eigenvalue weighted by Crippen LogP contribution is -2.39. The summed E-state index contributed by atoms with van der Waals surface area (Å²) in [7, 11) is 0. The van der Waals surface area contributed by atoms with Crippen molar-refractivity contribution in [2.45, 2.75) is 0 Å². The molecule has 0 radical (unpaired) electrons. The van der Waals surface area contributed by atoms with Gasteiger partial charge in [-0.3, -0.25) is 24.5 Å². The van der Waals surface area contributed by atoms with Gasteiger partial charge in [0.15, 0.2) is 0 Å². The van der Waals surface area contributed by atoms with E-state index in [1.54, 1.807) is 0 Å². The van der Waals surface area contributed by atoms with Gasteiger partial charge in [0.1, 0.15) is 12.4 Å². The fraction of sp³-hybridized carbons (Fsp3) is 0.182. The van der Waals surface area contributed by atoms with Gasteiger partial charge < -0.3 is 15.7 Å². The molecule has 0 bridgehead atoms. The molecule has 112 valence electrons. The van der Waals surface area contributed by atoms with Crippen LogP contribution < -0.4 is 10.6 Å². The SMILES string of the molecule is O=C(O)CNC(=O)CNC(=O)c1ccc([N+](=O)[O-])cc1F. The van der Waals surface area contributed by atoms with Gasteiger partial charge in [-0.25, -0.2) is 4.39 Å². The van der Waals surface area contributed by atoms with Gasteiger partial charge in [-0.1, -0.05) is 0 Å². The highest BCUT2D eigenvalue weighted by Crippen LogP contribution is 2.16. The van der Waals surface area contributed by atoms with Gasteiger partial charge in [0.05, 0.1) is 23.1 Å². The van der Waals surface area contributed by atoms with E-state index in [9.17, 15) is 28.9 Å². The second-order valence-corrected chi connectivity index (χ2v) is 3.77. The normalized spacial score (nSPS) is 9.76. The smallest absolute Gasteiger partial charge is 0.322 e. The van der Waals surface area contributed by atoms with Crippen LogP contribution in [0.25, 0.3) is 0 Å². The quantitative estimate of drug-likeness (QED) is 0.485. The predicted molar refractivity (Wildman–Crippen MR) is 66.0 cm³/mol. The van der Waals surface area contributed by atoms with E-state index < -0.39 is 52.9 Å². The van der Waals surface area contributed by atoms with Gasteiger partial charge in [0, 0.05) is 6.07 Å². The molecule has 0 spiro atoms. The van der Waals surface area contributed by atoms with Crippen molar-refractivity contribution >= 4 is 23.5 Å². The van der Waals surface area contributed by atoms with E-state index in [4.69, 9.17) is 5.11 Å². The number of carbonyl (C=O) groups is 3. The average Bonchev–Trinajstić information content (AvgIpc) is 2.42. The number of aliphatic carboxylic acids is 1. The average molecular weight is 299 g/mol. The summed E-state index contributed by atoms with van der Waals surface area (Å²) in [5.74, 6) is -4.08. The Hall–Kier alpha value is -3.04. The number of carboxylic acids is 1. The molecule has 1 aromatic carbocycles. The molecule has 0 aliphatic rings. The monoisotopic (exact) mass is 299 g/mol. The van der Waals surface area contributed by atoms with Crippen LogP contribution in [0.15, 0.2) is 18.2 Å². The van der Waals surface area contributed by atoms with Crippen LogP contribution in [-0.2, 0) is 9.59 Å². The minimum absolute atomic E-state index is 0.466. The van der Waals surface area contributed by atoms with Gasteiger partial charge >= 0.3 is 5.97 Å². The molecule has 0 unspecified atom stereocenters. The number of nitrogens with zero attached hydrogens (tertiary/aromatic N) is 1. The lowest BCUT2D eigenvalue weighted by Gasteiger charge is -2.06. The van der Waals surface area contributed by atoms with Gasteiger partial charge in [-0.15, -0.1) is 0 Å². The summed E-state index contributed by atoms with van der Waals surface area (Å²) in [5, 5.41) is 22.8.